The van der Waals surface area contributed by atoms with E-state index in [0.717, 1.165) is 50.5 Å². The van der Waals surface area contributed by atoms with E-state index in [0.29, 0.717) is 17.8 Å². The maximum Gasteiger partial charge on any atom is 0.335 e. The highest BCUT2D eigenvalue weighted by atomic mass is 16.5. The van der Waals surface area contributed by atoms with Crippen LogP contribution in [0.25, 0.3) is 0 Å². The Morgan fingerprint density at radius 3 is 2.62 bits per heavy atom. The van der Waals surface area contributed by atoms with Gasteiger partial charge in [-0.15, -0.1) is 0 Å². The van der Waals surface area contributed by atoms with Crippen molar-refractivity contribution in [3.63, 3.8) is 0 Å². The minimum Gasteiger partial charge on any atom is -0.431 e. The van der Waals surface area contributed by atoms with Gasteiger partial charge in [0, 0.05) is 18.6 Å². The molecule has 158 valence electrons. The topological polar surface area (TPSA) is 59.7 Å². The first-order chi connectivity index (χ1) is 13.8. The van der Waals surface area contributed by atoms with E-state index in [1.807, 2.05) is 13.2 Å². The normalized spacial score (nSPS) is 46.4. The molecule has 1 aromatic heterocycles. The van der Waals surface area contributed by atoms with Crippen molar-refractivity contribution in [2.45, 2.75) is 82.8 Å². The smallest absolute Gasteiger partial charge is 0.335 e. The molecule has 3 fully saturated rings. The standard InChI is InChI=1S/C25H34O4/c1-23-11-8-18(26)14-17(23)5-6-21-20(23)9-12-24(2)19(10-13-25(21,24)28-3)16-4-7-22(27)29-15-16/h4,7,14-15,18-21,26H,5-6,8-13H2,1-3H3/t18-,19+,20?,21?,23-,24+,25-/m0/s1. The summed E-state index contributed by atoms with van der Waals surface area (Å²) in [4.78, 5) is 11.5. The number of hydrogen-bond acceptors (Lipinski definition) is 4. The van der Waals surface area contributed by atoms with Gasteiger partial charge < -0.3 is 14.3 Å². The lowest BCUT2D eigenvalue weighted by molar-refractivity contribution is -0.195. The van der Waals surface area contributed by atoms with Gasteiger partial charge in [-0.25, -0.2) is 4.79 Å². The van der Waals surface area contributed by atoms with E-state index in [1.165, 1.54) is 12.0 Å². The number of rotatable bonds is 2. The van der Waals surface area contributed by atoms with Crippen LogP contribution in [0.3, 0.4) is 0 Å². The van der Waals surface area contributed by atoms with E-state index in [4.69, 9.17) is 9.15 Å². The number of allylic oxidation sites excluding steroid dienone is 1. The van der Waals surface area contributed by atoms with Crippen LogP contribution in [0.15, 0.2) is 39.3 Å². The lowest BCUT2D eigenvalue weighted by Crippen LogP contribution is -2.61. The van der Waals surface area contributed by atoms with E-state index >= 15 is 0 Å². The van der Waals surface area contributed by atoms with Crippen molar-refractivity contribution in [1.82, 2.24) is 0 Å². The van der Waals surface area contributed by atoms with Crippen molar-refractivity contribution in [2.24, 2.45) is 22.7 Å². The number of methoxy groups -OCH3 is 1. The van der Waals surface area contributed by atoms with Gasteiger partial charge in [-0.2, -0.15) is 0 Å². The SMILES string of the molecule is CO[C@]12CC[C@H](c3ccc(=O)oc3)[C@@]1(C)CCC1C2CCC2=C[C@@H](O)CC[C@@]21C. The third-order valence-corrected chi connectivity index (χ3v) is 9.72. The first-order valence-electron chi connectivity index (χ1n) is 11.4. The summed E-state index contributed by atoms with van der Waals surface area (Å²) < 4.78 is 11.8. The number of aliphatic hydroxyl groups excluding tert-OH is 1. The van der Waals surface area contributed by atoms with Crippen LogP contribution in [-0.2, 0) is 4.74 Å². The third-order valence-electron chi connectivity index (χ3n) is 9.72. The van der Waals surface area contributed by atoms with Gasteiger partial charge in [0.05, 0.1) is 18.0 Å². The summed E-state index contributed by atoms with van der Waals surface area (Å²) in [6, 6.07) is 3.52. The molecule has 0 aliphatic heterocycles. The zero-order chi connectivity index (χ0) is 20.4. The Bertz CT molecular complexity index is 867. The lowest BCUT2D eigenvalue weighted by Gasteiger charge is -2.63. The second-order valence-electron chi connectivity index (χ2n) is 10.5. The molecule has 1 aromatic rings. The van der Waals surface area contributed by atoms with Crippen molar-refractivity contribution in [3.05, 3.63) is 46.0 Å². The number of hydrogen-bond donors (Lipinski definition) is 1. The molecule has 7 atom stereocenters. The predicted molar refractivity (Wildman–Crippen MR) is 112 cm³/mol. The fraction of sp³-hybridized carbons (Fsp3) is 0.720. The average Bonchev–Trinajstić information content (AvgIpc) is 3.02. The molecule has 4 aliphatic rings. The molecule has 0 aromatic carbocycles. The fourth-order valence-corrected chi connectivity index (χ4v) is 8.24. The molecule has 0 saturated heterocycles. The minimum absolute atomic E-state index is 0.0502. The van der Waals surface area contributed by atoms with Gasteiger partial charge >= 0.3 is 5.63 Å². The zero-order valence-electron chi connectivity index (χ0n) is 17.9. The van der Waals surface area contributed by atoms with Crippen molar-refractivity contribution in [1.29, 1.82) is 0 Å². The summed E-state index contributed by atoms with van der Waals surface area (Å²) in [6.07, 6.45) is 12.3. The quantitative estimate of drug-likeness (QED) is 0.726. The summed E-state index contributed by atoms with van der Waals surface area (Å²) >= 11 is 0. The van der Waals surface area contributed by atoms with E-state index in [2.05, 4.69) is 19.9 Å². The molecule has 4 heteroatoms. The van der Waals surface area contributed by atoms with Crippen LogP contribution < -0.4 is 5.63 Å². The molecule has 0 amide bonds. The zero-order valence-corrected chi connectivity index (χ0v) is 17.9. The summed E-state index contributed by atoms with van der Waals surface area (Å²) in [7, 11) is 1.92. The van der Waals surface area contributed by atoms with Gasteiger partial charge in [-0.3, -0.25) is 0 Å². The Labute approximate surface area is 173 Å². The van der Waals surface area contributed by atoms with Gasteiger partial charge in [0.2, 0.25) is 0 Å². The number of ether oxygens (including phenoxy) is 1. The molecule has 0 spiro atoms. The largest absolute Gasteiger partial charge is 0.431 e. The van der Waals surface area contributed by atoms with Gasteiger partial charge in [0.15, 0.2) is 0 Å². The molecular formula is C25H34O4. The van der Waals surface area contributed by atoms with Gasteiger partial charge in [-0.05, 0) is 86.2 Å². The Balaban J connectivity index is 1.54. The Morgan fingerprint density at radius 2 is 1.90 bits per heavy atom. The molecule has 0 radical (unpaired) electrons. The highest BCUT2D eigenvalue weighted by Crippen LogP contribution is 2.71. The van der Waals surface area contributed by atoms with Crippen molar-refractivity contribution in [2.75, 3.05) is 7.11 Å². The molecule has 4 nitrogen and oxygen atoms in total. The molecular weight excluding hydrogens is 364 g/mol. The van der Waals surface area contributed by atoms with Crippen LogP contribution in [0.1, 0.15) is 76.7 Å². The van der Waals surface area contributed by atoms with Gasteiger partial charge in [0.1, 0.15) is 0 Å². The summed E-state index contributed by atoms with van der Waals surface area (Å²) in [6.45, 7) is 4.87. The van der Waals surface area contributed by atoms with E-state index < -0.39 is 0 Å². The number of fused-ring (bicyclic) bond motifs is 5. The van der Waals surface area contributed by atoms with Crippen LogP contribution in [-0.4, -0.2) is 23.9 Å². The highest BCUT2D eigenvalue weighted by molar-refractivity contribution is 5.31. The van der Waals surface area contributed by atoms with Crippen molar-refractivity contribution < 1.29 is 14.3 Å². The monoisotopic (exact) mass is 398 g/mol. The highest BCUT2D eigenvalue weighted by Gasteiger charge is 2.67. The van der Waals surface area contributed by atoms with Gasteiger partial charge in [0.25, 0.3) is 0 Å². The molecule has 1 N–H and O–H groups in total. The second-order valence-corrected chi connectivity index (χ2v) is 10.5. The third kappa shape index (κ3) is 2.54. The molecule has 1 heterocycles. The molecule has 4 aliphatic carbocycles. The molecule has 5 rings (SSSR count). The van der Waals surface area contributed by atoms with Crippen LogP contribution in [0.2, 0.25) is 0 Å². The fourth-order valence-electron chi connectivity index (χ4n) is 8.24. The average molecular weight is 399 g/mol. The van der Waals surface area contributed by atoms with Crippen LogP contribution >= 0.6 is 0 Å². The Hall–Kier alpha value is -1.39. The maximum atomic E-state index is 11.5. The molecule has 29 heavy (non-hydrogen) atoms. The lowest BCUT2D eigenvalue weighted by atomic mass is 9.45. The van der Waals surface area contributed by atoms with E-state index in [9.17, 15) is 9.90 Å². The maximum absolute atomic E-state index is 11.5. The Morgan fingerprint density at radius 1 is 1.07 bits per heavy atom. The van der Waals surface area contributed by atoms with Crippen molar-refractivity contribution in [3.8, 4) is 0 Å². The molecule has 2 unspecified atom stereocenters. The van der Waals surface area contributed by atoms with Gasteiger partial charge in [-0.1, -0.05) is 25.5 Å². The minimum atomic E-state index is -0.280. The van der Waals surface area contributed by atoms with Crippen LogP contribution in [0, 0.1) is 22.7 Å². The van der Waals surface area contributed by atoms with Crippen LogP contribution in [0.5, 0.6) is 0 Å². The molecule has 0 bridgehead atoms. The summed E-state index contributed by atoms with van der Waals surface area (Å²) in [5.41, 5.74) is 2.49. The first-order valence-corrected chi connectivity index (χ1v) is 11.4. The summed E-state index contributed by atoms with van der Waals surface area (Å²) in [5, 5.41) is 10.2. The first kappa shape index (κ1) is 19.6. The second kappa shape index (κ2) is 6.55. The predicted octanol–water partition coefficient (Wildman–Crippen LogP) is 4.82. The van der Waals surface area contributed by atoms with E-state index in [1.54, 1.807) is 12.3 Å². The molecule has 3 saturated carbocycles. The number of aliphatic hydroxyl groups is 1. The van der Waals surface area contributed by atoms with Crippen LogP contribution in [0.4, 0.5) is 0 Å². The Kier molecular flexibility index (Phi) is 4.42. The van der Waals surface area contributed by atoms with E-state index in [-0.39, 0.29) is 28.2 Å². The van der Waals surface area contributed by atoms with Crippen molar-refractivity contribution >= 4 is 0 Å². The summed E-state index contributed by atoms with van der Waals surface area (Å²) in [5.74, 6) is 1.53.